The standard InChI is InChI=1S/C18H21BrN4O/c1-2-22-9-11-23(12-10-22)18(24)14-7-8-17(20-13-14)21-16-6-4-3-5-15(16)19/h3-8,13H,2,9-12H2,1H3,(H,20,21). The van der Waals surface area contributed by atoms with Gasteiger partial charge in [-0.15, -0.1) is 0 Å². The van der Waals surface area contributed by atoms with E-state index in [1.165, 1.54) is 0 Å². The van der Waals surface area contributed by atoms with Crippen molar-refractivity contribution < 1.29 is 4.79 Å². The highest BCUT2D eigenvalue weighted by Gasteiger charge is 2.21. The fourth-order valence-electron chi connectivity index (χ4n) is 2.74. The molecular weight excluding hydrogens is 368 g/mol. The molecule has 1 aromatic carbocycles. The van der Waals surface area contributed by atoms with Gasteiger partial charge in [-0.05, 0) is 46.7 Å². The number of carbonyl (C=O) groups is 1. The summed E-state index contributed by atoms with van der Waals surface area (Å²) in [5.41, 5.74) is 1.58. The number of hydrogen-bond acceptors (Lipinski definition) is 4. The maximum Gasteiger partial charge on any atom is 0.255 e. The van der Waals surface area contributed by atoms with Crippen molar-refractivity contribution in [3.05, 3.63) is 52.6 Å². The summed E-state index contributed by atoms with van der Waals surface area (Å²) in [6, 6.07) is 11.5. The van der Waals surface area contributed by atoms with Gasteiger partial charge in [0.05, 0.1) is 11.3 Å². The third-order valence-electron chi connectivity index (χ3n) is 4.25. The third-order valence-corrected chi connectivity index (χ3v) is 4.95. The van der Waals surface area contributed by atoms with Gasteiger partial charge in [-0.3, -0.25) is 4.79 Å². The first kappa shape index (κ1) is 16.9. The molecule has 1 saturated heterocycles. The highest BCUT2D eigenvalue weighted by molar-refractivity contribution is 9.10. The summed E-state index contributed by atoms with van der Waals surface area (Å²) in [7, 11) is 0. The second-order valence-electron chi connectivity index (χ2n) is 5.76. The predicted octanol–water partition coefficient (Wildman–Crippen LogP) is 3.37. The highest BCUT2D eigenvalue weighted by atomic mass is 79.9. The van der Waals surface area contributed by atoms with E-state index in [-0.39, 0.29) is 5.91 Å². The lowest BCUT2D eigenvalue weighted by Crippen LogP contribution is -2.48. The lowest BCUT2D eigenvalue weighted by molar-refractivity contribution is 0.0643. The van der Waals surface area contributed by atoms with Crippen molar-refractivity contribution in [2.75, 3.05) is 38.0 Å². The summed E-state index contributed by atoms with van der Waals surface area (Å²) in [4.78, 5) is 21.2. The number of aromatic nitrogens is 1. The molecule has 0 radical (unpaired) electrons. The Morgan fingerprint density at radius 2 is 1.92 bits per heavy atom. The molecule has 2 aromatic rings. The second-order valence-corrected chi connectivity index (χ2v) is 6.62. The summed E-state index contributed by atoms with van der Waals surface area (Å²) in [6.45, 7) is 6.64. The molecule has 0 unspecified atom stereocenters. The van der Waals surface area contributed by atoms with Crippen molar-refractivity contribution in [3.63, 3.8) is 0 Å². The number of hydrogen-bond donors (Lipinski definition) is 1. The van der Waals surface area contributed by atoms with Crippen molar-refractivity contribution in [2.45, 2.75) is 6.92 Å². The van der Waals surface area contributed by atoms with Crippen LogP contribution in [0.25, 0.3) is 0 Å². The smallest absolute Gasteiger partial charge is 0.255 e. The fourth-order valence-corrected chi connectivity index (χ4v) is 3.13. The van der Waals surface area contributed by atoms with Crippen LogP contribution < -0.4 is 5.32 Å². The van der Waals surface area contributed by atoms with Crippen LogP contribution in [0.3, 0.4) is 0 Å². The van der Waals surface area contributed by atoms with Crippen LogP contribution in [0.5, 0.6) is 0 Å². The van der Waals surface area contributed by atoms with E-state index >= 15 is 0 Å². The first-order chi connectivity index (χ1) is 11.7. The van der Waals surface area contributed by atoms with Crippen molar-refractivity contribution in [1.29, 1.82) is 0 Å². The Morgan fingerprint density at radius 1 is 1.17 bits per heavy atom. The molecule has 0 saturated carbocycles. The monoisotopic (exact) mass is 388 g/mol. The van der Waals surface area contributed by atoms with Gasteiger partial charge in [0.1, 0.15) is 5.82 Å². The Bertz CT molecular complexity index is 696. The average Bonchev–Trinajstić information content (AvgIpc) is 2.64. The van der Waals surface area contributed by atoms with Crippen molar-refractivity contribution in [1.82, 2.24) is 14.8 Å². The van der Waals surface area contributed by atoms with Gasteiger partial charge in [0.2, 0.25) is 0 Å². The topological polar surface area (TPSA) is 48.5 Å². The van der Waals surface area contributed by atoms with E-state index in [2.05, 4.69) is 38.1 Å². The van der Waals surface area contributed by atoms with Gasteiger partial charge >= 0.3 is 0 Å². The molecule has 24 heavy (non-hydrogen) atoms. The summed E-state index contributed by atoms with van der Waals surface area (Å²) in [6.07, 6.45) is 1.65. The molecule has 0 bridgehead atoms. The maximum atomic E-state index is 12.6. The molecule has 1 aromatic heterocycles. The molecule has 1 fully saturated rings. The molecular formula is C18H21BrN4O. The minimum absolute atomic E-state index is 0.0608. The normalized spacial score (nSPS) is 15.3. The molecule has 0 spiro atoms. The maximum absolute atomic E-state index is 12.6. The van der Waals surface area contributed by atoms with E-state index in [1.54, 1.807) is 6.20 Å². The lowest BCUT2D eigenvalue weighted by atomic mass is 10.2. The van der Waals surface area contributed by atoms with Gasteiger partial charge in [0.15, 0.2) is 0 Å². The Labute approximate surface area is 150 Å². The number of nitrogens with zero attached hydrogens (tertiary/aromatic N) is 3. The third kappa shape index (κ3) is 3.94. The van der Waals surface area contributed by atoms with Gasteiger partial charge in [0, 0.05) is 36.8 Å². The van der Waals surface area contributed by atoms with Gasteiger partial charge in [-0.1, -0.05) is 19.1 Å². The number of nitrogens with one attached hydrogen (secondary N) is 1. The van der Waals surface area contributed by atoms with Crippen LogP contribution in [-0.4, -0.2) is 53.4 Å². The zero-order valence-corrected chi connectivity index (χ0v) is 15.3. The van der Waals surface area contributed by atoms with Crippen molar-refractivity contribution in [3.8, 4) is 0 Å². The molecule has 126 valence electrons. The van der Waals surface area contributed by atoms with Crippen LogP contribution in [0.2, 0.25) is 0 Å². The zero-order chi connectivity index (χ0) is 16.9. The summed E-state index contributed by atoms with van der Waals surface area (Å²) < 4.78 is 0.973. The van der Waals surface area contributed by atoms with Gasteiger partial charge < -0.3 is 15.1 Å². The van der Waals surface area contributed by atoms with Gasteiger partial charge in [-0.2, -0.15) is 0 Å². The number of halogens is 1. The predicted molar refractivity (Wildman–Crippen MR) is 99.7 cm³/mol. The Kier molecular flexibility index (Phi) is 5.48. The number of likely N-dealkylation sites (N-methyl/N-ethyl adjacent to an activating group) is 1. The summed E-state index contributed by atoms with van der Waals surface area (Å²) in [5.74, 6) is 0.778. The van der Waals surface area contributed by atoms with E-state index in [0.29, 0.717) is 11.4 Å². The molecule has 1 amide bonds. The summed E-state index contributed by atoms with van der Waals surface area (Å²) >= 11 is 3.50. The van der Waals surface area contributed by atoms with Crippen LogP contribution in [0.15, 0.2) is 47.1 Å². The quantitative estimate of drug-likeness (QED) is 0.871. The molecule has 2 heterocycles. The minimum atomic E-state index is 0.0608. The number of amides is 1. The van der Waals surface area contributed by atoms with E-state index < -0.39 is 0 Å². The van der Waals surface area contributed by atoms with E-state index in [1.807, 2.05) is 41.3 Å². The molecule has 6 heteroatoms. The largest absolute Gasteiger partial charge is 0.339 e. The molecule has 1 aliphatic heterocycles. The Balaban J connectivity index is 1.64. The highest BCUT2D eigenvalue weighted by Crippen LogP contribution is 2.24. The van der Waals surface area contributed by atoms with Gasteiger partial charge in [0.25, 0.3) is 5.91 Å². The number of para-hydroxylation sites is 1. The number of anilines is 2. The first-order valence-electron chi connectivity index (χ1n) is 8.16. The lowest BCUT2D eigenvalue weighted by Gasteiger charge is -2.34. The number of piperazine rings is 1. The van der Waals surface area contributed by atoms with Crippen molar-refractivity contribution in [2.24, 2.45) is 0 Å². The molecule has 3 rings (SSSR count). The number of rotatable bonds is 4. The van der Waals surface area contributed by atoms with Crippen LogP contribution in [0, 0.1) is 0 Å². The number of benzene rings is 1. The summed E-state index contributed by atoms with van der Waals surface area (Å²) in [5, 5.41) is 3.24. The Hall–Kier alpha value is -1.92. The SMILES string of the molecule is CCN1CCN(C(=O)c2ccc(Nc3ccccc3Br)nc2)CC1. The van der Waals surface area contributed by atoms with E-state index in [9.17, 15) is 4.79 Å². The number of carbonyl (C=O) groups excluding carboxylic acids is 1. The molecule has 0 aliphatic carbocycles. The molecule has 1 aliphatic rings. The Morgan fingerprint density at radius 3 is 2.54 bits per heavy atom. The van der Waals surface area contributed by atoms with E-state index in [0.717, 1.165) is 42.9 Å². The van der Waals surface area contributed by atoms with Crippen LogP contribution >= 0.6 is 15.9 Å². The average molecular weight is 389 g/mol. The van der Waals surface area contributed by atoms with Crippen LogP contribution in [0.1, 0.15) is 17.3 Å². The van der Waals surface area contributed by atoms with Crippen LogP contribution in [-0.2, 0) is 0 Å². The fraction of sp³-hybridized carbons (Fsp3) is 0.333. The van der Waals surface area contributed by atoms with E-state index in [4.69, 9.17) is 0 Å². The molecule has 5 nitrogen and oxygen atoms in total. The first-order valence-corrected chi connectivity index (χ1v) is 8.96. The van der Waals surface area contributed by atoms with Crippen molar-refractivity contribution >= 4 is 33.3 Å². The molecule has 0 atom stereocenters. The number of pyridine rings is 1. The zero-order valence-electron chi connectivity index (χ0n) is 13.7. The minimum Gasteiger partial charge on any atom is -0.339 e. The van der Waals surface area contributed by atoms with Crippen LogP contribution in [0.4, 0.5) is 11.5 Å². The van der Waals surface area contributed by atoms with Gasteiger partial charge in [-0.25, -0.2) is 4.98 Å². The second kappa shape index (κ2) is 7.77. The molecule has 1 N–H and O–H groups in total.